The van der Waals surface area contributed by atoms with Gasteiger partial charge in [0.25, 0.3) is 10.5 Å². The van der Waals surface area contributed by atoms with E-state index in [0.29, 0.717) is 35.6 Å². The Balaban J connectivity index is 0.857. The highest BCUT2D eigenvalue weighted by Crippen LogP contribution is 2.33. The first-order chi connectivity index (χ1) is 29.9. The number of thioether (sulfide) groups is 2. The van der Waals surface area contributed by atoms with E-state index in [0.717, 1.165) is 73.8 Å². The highest BCUT2D eigenvalue weighted by molar-refractivity contribution is 8.14. The normalized spacial score (nSPS) is 10.7. The Morgan fingerprint density at radius 2 is 0.774 bits per heavy atom. The molecule has 6 aromatic carbocycles. The van der Waals surface area contributed by atoms with Crippen LogP contribution in [0.15, 0.2) is 173 Å². The zero-order chi connectivity index (χ0) is 43.8. The predicted molar refractivity (Wildman–Crippen MR) is 260 cm³/mol. The molecule has 0 bridgehead atoms. The number of carbonyl (C=O) groups is 4. The first-order valence-corrected chi connectivity index (χ1v) is 23.3. The van der Waals surface area contributed by atoms with Crippen molar-refractivity contribution in [2.75, 3.05) is 34.5 Å². The molecule has 0 saturated heterocycles. The van der Waals surface area contributed by atoms with Crippen LogP contribution in [0, 0.1) is 13.8 Å². The van der Waals surface area contributed by atoms with Crippen LogP contribution < -0.4 is 21.3 Å². The van der Waals surface area contributed by atoms with E-state index in [-0.39, 0.29) is 23.7 Å². The molecular formula is C46H42N4O6S6. The van der Waals surface area contributed by atoms with E-state index in [2.05, 4.69) is 46.5 Å². The molecule has 6 aromatic rings. The van der Waals surface area contributed by atoms with Gasteiger partial charge in [0.2, 0.25) is 0 Å². The fraction of sp³-hybridized carbons (Fsp3) is 0.130. The number of hydrogen-bond donors (Lipinski definition) is 6. The van der Waals surface area contributed by atoms with E-state index in [4.69, 9.17) is 9.47 Å². The molecular weight excluding hydrogens is 897 g/mol. The minimum Gasteiger partial charge on any atom is -0.449 e. The second kappa shape index (κ2) is 23.4. The van der Waals surface area contributed by atoms with Gasteiger partial charge in [-0.3, -0.25) is 20.2 Å². The van der Waals surface area contributed by atoms with Gasteiger partial charge in [0.15, 0.2) is 0 Å². The molecule has 62 heavy (non-hydrogen) atoms. The van der Waals surface area contributed by atoms with E-state index in [1.165, 1.54) is 0 Å². The molecule has 0 aliphatic heterocycles. The maximum atomic E-state index is 12.9. The van der Waals surface area contributed by atoms with E-state index >= 15 is 0 Å². The minimum absolute atomic E-state index is 0.107. The lowest BCUT2D eigenvalue weighted by atomic mass is 10.2. The molecule has 0 aromatic heterocycles. The Morgan fingerprint density at radius 1 is 0.452 bits per heavy atom. The second-order valence-electron chi connectivity index (χ2n) is 13.5. The zero-order valence-electron chi connectivity index (χ0n) is 33.5. The fourth-order valence-corrected chi connectivity index (χ4v) is 8.67. The molecule has 0 aliphatic carbocycles. The molecule has 0 atom stereocenters. The molecule has 16 heteroatoms. The van der Waals surface area contributed by atoms with Crippen molar-refractivity contribution < 1.29 is 28.7 Å². The first-order valence-electron chi connectivity index (χ1n) is 19.1. The van der Waals surface area contributed by atoms with Gasteiger partial charge in [0, 0.05) is 61.9 Å². The molecule has 0 heterocycles. The lowest BCUT2D eigenvalue weighted by Crippen LogP contribution is -2.16. The summed E-state index contributed by atoms with van der Waals surface area (Å²) in [4.78, 5) is 58.5. The number of amides is 4. The number of carbonyl (C=O) groups excluding carboxylic acids is 4. The first kappa shape index (κ1) is 46.4. The molecule has 10 nitrogen and oxygen atoms in total. The van der Waals surface area contributed by atoms with Crippen LogP contribution in [-0.4, -0.2) is 35.9 Å². The van der Waals surface area contributed by atoms with Crippen molar-refractivity contribution >= 4 is 118 Å². The van der Waals surface area contributed by atoms with E-state index in [1.54, 1.807) is 59.9 Å². The van der Waals surface area contributed by atoms with Gasteiger partial charge in [-0.15, -0.1) is 25.3 Å². The summed E-state index contributed by atoms with van der Waals surface area (Å²) in [6.07, 6.45) is -0.383. The quantitative estimate of drug-likeness (QED) is 0.0336. The number of thiol groups is 2. The molecule has 318 valence electrons. The van der Waals surface area contributed by atoms with E-state index in [9.17, 15) is 19.2 Å². The van der Waals surface area contributed by atoms with Gasteiger partial charge < -0.3 is 20.1 Å². The van der Waals surface area contributed by atoms with Crippen molar-refractivity contribution in [3.05, 3.63) is 145 Å². The summed E-state index contributed by atoms with van der Waals surface area (Å²) < 4.78 is 10.6. The second-order valence-corrected chi connectivity index (χ2v) is 18.9. The van der Waals surface area contributed by atoms with Crippen molar-refractivity contribution in [2.45, 2.75) is 65.9 Å². The molecule has 0 aliphatic rings. The zero-order valence-corrected chi connectivity index (χ0v) is 38.6. The van der Waals surface area contributed by atoms with Crippen LogP contribution in [0.1, 0.15) is 24.0 Å². The van der Waals surface area contributed by atoms with Crippen LogP contribution in [0.5, 0.6) is 0 Å². The van der Waals surface area contributed by atoms with Crippen LogP contribution >= 0.6 is 72.3 Å². The average Bonchev–Trinajstić information content (AvgIpc) is 3.24. The Labute approximate surface area is 388 Å². The number of ether oxygens (including phenoxy) is 2. The molecule has 4 amide bonds. The van der Waals surface area contributed by atoms with Crippen LogP contribution in [0.2, 0.25) is 0 Å². The van der Waals surface area contributed by atoms with Gasteiger partial charge in [-0.25, -0.2) is 9.59 Å². The summed E-state index contributed by atoms with van der Waals surface area (Å²) in [6, 6.07) is 41.7. The maximum absolute atomic E-state index is 12.9. The van der Waals surface area contributed by atoms with E-state index < -0.39 is 12.2 Å². The summed E-state index contributed by atoms with van der Waals surface area (Å²) in [5, 5.41) is 10.7. The molecule has 0 fully saturated rings. The van der Waals surface area contributed by atoms with Crippen molar-refractivity contribution in [2.24, 2.45) is 0 Å². The summed E-state index contributed by atoms with van der Waals surface area (Å²) in [5.41, 5.74) is 3.70. The van der Waals surface area contributed by atoms with Gasteiger partial charge in [-0.1, -0.05) is 35.7 Å². The number of anilines is 4. The third kappa shape index (κ3) is 15.4. The van der Waals surface area contributed by atoms with Gasteiger partial charge >= 0.3 is 12.2 Å². The van der Waals surface area contributed by atoms with Crippen molar-refractivity contribution in [1.29, 1.82) is 0 Å². The number of unbranched alkanes of at least 4 members (excludes halogenated alkanes) is 1. The molecule has 0 spiro atoms. The SMILES string of the molecule is Cc1ccc(NC(=O)OCCCCOC(=O)Nc2ccc(C)c(NC(=O)Sc3ccc(Sc4ccc(S)cc4)cc3)c2)cc1NC(=O)Sc1ccc(Sc2ccc(S)cc2)cc1. The van der Waals surface area contributed by atoms with Crippen LogP contribution in [0.4, 0.5) is 41.9 Å². The highest BCUT2D eigenvalue weighted by Gasteiger charge is 2.13. The number of aryl methyl sites for hydroxylation is 2. The summed E-state index contributed by atoms with van der Waals surface area (Å²) in [7, 11) is 0. The topological polar surface area (TPSA) is 135 Å². The molecule has 0 radical (unpaired) electrons. The number of nitrogens with one attached hydrogen (secondary N) is 4. The van der Waals surface area contributed by atoms with E-state index in [1.807, 2.05) is 111 Å². The lowest BCUT2D eigenvalue weighted by Gasteiger charge is -2.12. The number of rotatable bonds is 15. The molecule has 0 unspecified atom stereocenters. The van der Waals surface area contributed by atoms with Gasteiger partial charge in [0.05, 0.1) is 13.2 Å². The Kier molecular flexibility index (Phi) is 17.5. The van der Waals surface area contributed by atoms with Gasteiger partial charge in [0.1, 0.15) is 0 Å². The summed E-state index contributed by atoms with van der Waals surface area (Å²) >= 11 is 14.1. The Bertz CT molecular complexity index is 2320. The van der Waals surface area contributed by atoms with Crippen LogP contribution in [0.25, 0.3) is 0 Å². The Hall–Kier alpha value is -5.10. The molecule has 6 rings (SSSR count). The largest absolute Gasteiger partial charge is 0.449 e. The smallest absolute Gasteiger partial charge is 0.411 e. The highest BCUT2D eigenvalue weighted by atomic mass is 32.2. The van der Waals surface area contributed by atoms with Crippen LogP contribution in [0.3, 0.4) is 0 Å². The Morgan fingerprint density at radius 3 is 1.13 bits per heavy atom. The monoisotopic (exact) mass is 938 g/mol. The number of benzene rings is 6. The lowest BCUT2D eigenvalue weighted by molar-refractivity contribution is 0.143. The third-order valence-corrected chi connectivity index (χ3v) is 12.9. The molecule has 4 N–H and O–H groups in total. The standard InChI is InChI=1S/C46H42N4O6S6/c1-29-5-7-31(27-41(29)49-45(53)61-39-21-17-37(18-22-39)59-35-13-9-33(57)10-14-35)47-43(51)55-25-3-4-26-56-44(52)48-32-8-6-30(2)42(28-32)50-46(54)62-40-23-19-38(20-24-40)60-36-15-11-34(58)12-16-36/h5-24,27-28,57-58H,3-4,25-26H2,1-2H3,(H,47,51)(H,48,52)(H,49,53)(H,50,54). The summed E-state index contributed by atoms with van der Waals surface area (Å²) in [6.45, 7) is 3.94. The molecule has 0 saturated carbocycles. The van der Waals surface area contributed by atoms with Crippen molar-refractivity contribution in [3.63, 3.8) is 0 Å². The summed E-state index contributed by atoms with van der Waals surface area (Å²) in [5.74, 6) is 0. The van der Waals surface area contributed by atoms with Crippen molar-refractivity contribution in [3.8, 4) is 0 Å². The maximum Gasteiger partial charge on any atom is 0.411 e. The van der Waals surface area contributed by atoms with Crippen molar-refractivity contribution in [1.82, 2.24) is 0 Å². The van der Waals surface area contributed by atoms with Crippen LogP contribution in [-0.2, 0) is 9.47 Å². The average molecular weight is 939 g/mol. The minimum atomic E-state index is -0.650. The van der Waals surface area contributed by atoms with Gasteiger partial charge in [-0.05, 0) is 183 Å². The van der Waals surface area contributed by atoms with Gasteiger partial charge in [-0.2, -0.15) is 0 Å². The predicted octanol–water partition coefficient (Wildman–Crippen LogP) is 14.4. The fourth-order valence-electron chi connectivity index (χ4n) is 5.45. The third-order valence-electron chi connectivity index (χ3n) is 8.66. The number of hydrogen-bond acceptors (Lipinski definition) is 12.